The summed E-state index contributed by atoms with van der Waals surface area (Å²) in [5.41, 5.74) is 6.04. The van der Waals surface area contributed by atoms with E-state index < -0.39 is 0 Å². The molecular weight excluding hydrogens is 248 g/mol. The second kappa shape index (κ2) is 6.93. The van der Waals surface area contributed by atoms with E-state index in [1.807, 2.05) is 0 Å². The molecule has 116 valence electrons. The summed E-state index contributed by atoms with van der Waals surface area (Å²) >= 11 is 0. The third kappa shape index (κ3) is 3.97. The average molecular weight is 280 g/mol. The largest absolute Gasteiger partial charge is 0.339 e. The molecule has 1 saturated heterocycles. The Hall–Kier alpha value is -0.570. The molecule has 20 heavy (non-hydrogen) atoms. The maximum atomic E-state index is 12.5. The molecule has 0 bridgehead atoms. The molecule has 2 aliphatic rings. The van der Waals surface area contributed by atoms with Gasteiger partial charge >= 0.3 is 0 Å². The Morgan fingerprint density at radius 2 is 1.95 bits per heavy atom. The third-order valence-electron chi connectivity index (χ3n) is 5.51. The summed E-state index contributed by atoms with van der Waals surface area (Å²) in [7, 11) is 0. The van der Waals surface area contributed by atoms with Crippen molar-refractivity contribution in [2.24, 2.45) is 23.5 Å². The Balaban J connectivity index is 1.81. The first kappa shape index (κ1) is 15.8. The highest BCUT2D eigenvalue weighted by molar-refractivity contribution is 5.76. The molecule has 0 aromatic heterocycles. The van der Waals surface area contributed by atoms with Crippen LogP contribution in [0.25, 0.3) is 0 Å². The van der Waals surface area contributed by atoms with Crippen LogP contribution in [-0.2, 0) is 4.79 Å². The zero-order valence-electron chi connectivity index (χ0n) is 13.5. The van der Waals surface area contributed by atoms with Crippen molar-refractivity contribution in [1.82, 2.24) is 4.90 Å². The molecule has 5 atom stereocenters. The van der Waals surface area contributed by atoms with Gasteiger partial charge < -0.3 is 10.6 Å². The van der Waals surface area contributed by atoms with E-state index in [-0.39, 0.29) is 0 Å². The lowest BCUT2D eigenvalue weighted by Gasteiger charge is -2.41. The highest BCUT2D eigenvalue weighted by atomic mass is 16.2. The molecule has 0 radical (unpaired) electrons. The van der Waals surface area contributed by atoms with Gasteiger partial charge in [-0.3, -0.25) is 4.79 Å². The number of nitrogens with two attached hydrogens (primary N) is 1. The summed E-state index contributed by atoms with van der Waals surface area (Å²) in [6.07, 6.45) is 7.82. The van der Waals surface area contributed by atoms with Gasteiger partial charge in [-0.15, -0.1) is 0 Å². The molecule has 1 amide bonds. The molecule has 2 N–H and O–H groups in total. The Labute approximate surface area is 124 Å². The van der Waals surface area contributed by atoms with Crippen LogP contribution in [0.5, 0.6) is 0 Å². The van der Waals surface area contributed by atoms with Crippen LogP contribution < -0.4 is 5.73 Å². The zero-order valence-corrected chi connectivity index (χ0v) is 13.5. The van der Waals surface area contributed by atoms with Crippen molar-refractivity contribution in [3.8, 4) is 0 Å². The van der Waals surface area contributed by atoms with Gasteiger partial charge in [-0.05, 0) is 50.4 Å². The lowest BCUT2D eigenvalue weighted by atomic mass is 9.82. The molecule has 0 aromatic carbocycles. The fourth-order valence-electron chi connectivity index (χ4n) is 4.11. The van der Waals surface area contributed by atoms with Gasteiger partial charge in [0.2, 0.25) is 5.91 Å². The number of likely N-dealkylation sites (tertiary alicyclic amines) is 1. The fraction of sp³-hybridized carbons (Fsp3) is 0.941. The SMILES string of the molecule is CC1CC(C)C(C)N(C(=O)CCC2CCCC(N)C2)C1. The summed E-state index contributed by atoms with van der Waals surface area (Å²) in [5.74, 6) is 2.33. The summed E-state index contributed by atoms with van der Waals surface area (Å²) in [6, 6.07) is 0.783. The van der Waals surface area contributed by atoms with Crippen molar-refractivity contribution in [1.29, 1.82) is 0 Å². The van der Waals surface area contributed by atoms with E-state index >= 15 is 0 Å². The minimum Gasteiger partial charge on any atom is -0.339 e. The summed E-state index contributed by atoms with van der Waals surface area (Å²) < 4.78 is 0. The maximum absolute atomic E-state index is 12.5. The van der Waals surface area contributed by atoms with Crippen molar-refractivity contribution >= 4 is 5.91 Å². The number of amides is 1. The number of nitrogens with zero attached hydrogens (tertiary/aromatic N) is 1. The Morgan fingerprint density at radius 3 is 2.65 bits per heavy atom. The van der Waals surface area contributed by atoms with Crippen molar-refractivity contribution in [2.75, 3.05) is 6.54 Å². The summed E-state index contributed by atoms with van der Waals surface area (Å²) in [5, 5.41) is 0. The van der Waals surface area contributed by atoms with Gasteiger partial charge in [0.1, 0.15) is 0 Å². The molecule has 1 aliphatic heterocycles. The molecule has 2 fully saturated rings. The predicted octanol–water partition coefficient (Wildman–Crippen LogP) is 3.18. The Morgan fingerprint density at radius 1 is 1.20 bits per heavy atom. The van der Waals surface area contributed by atoms with E-state index in [9.17, 15) is 4.79 Å². The van der Waals surface area contributed by atoms with Crippen molar-refractivity contribution in [3.05, 3.63) is 0 Å². The second-order valence-electron chi connectivity index (χ2n) is 7.44. The van der Waals surface area contributed by atoms with E-state index in [0.29, 0.717) is 35.7 Å². The van der Waals surface area contributed by atoms with Gasteiger partial charge in [0, 0.05) is 25.0 Å². The minimum absolute atomic E-state index is 0.370. The normalized spacial score (nSPS) is 38.8. The number of piperidine rings is 1. The molecule has 1 saturated carbocycles. The molecular formula is C17H32N2O. The molecule has 0 spiro atoms. The zero-order chi connectivity index (χ0) is 14.7. The standard InChI is InChI=1S/C17H32N2O/c1-12-9-13(2)14(3)19(11-12)17(20)8-7-15-5-4-6-16(18)10-15/h12-16H,4-11,18H2,1-3H3. The smallest absolute Gasteiger partial charge is 0.222 e. The molecule has 2 rings (SSSR count). The van der Waals surface area contributed by atoms with Gasteiger partial charge in [0.05, 0.1) is 0 Å². The predicted molar refractivity (Wildman–Crippen MR) is 83.3 cm³/mol. The lowest BCUT2D eigenvalue weighted by Crippen LogP contribution is -2.48. The van der Waals surface area contributed by atoms with Gasteiger partial charge in [-0.2, -0.15) is 0 Å². The molecule has 1 heterocycles. The molecule has 3 heteroatoms. The quantitative estimate of drug-likeness (QED) is 0.863. The van der Waals surface area contributed by atoms with Crippen molar-refractivity contribution in [2.45, 2.75) is 77.8 Å². The Bertz CT molecular complexity index is 331. The maximum Gasteiger partial charge on any atom is 0.222 e. The second-order valence-corrected chi connectivity index (χ2v) is 7.44. The highest BCUT2D eigenvalue weighted by Gasteiger charge is 2.32. The highest BCUT2D eigenvalue weighted by Crippen LogP contribution is 2.30. The third-order valence-corrected chi connectivity index (χ3v) is 5.51. The first-order chi connectivity index (χ1) is 9.47. The van der Waals surface area contributed by atoms with E-state index in [1.165, 1.54) is 25.7 Å². The van der Waals surface area contributed by atoms with Crippen LogP contribution in [0.3, 0.4) is 0 Å². The van der Waals surface area contributed by atoms with Crippen LogP contribution in [0, 0.1) is 17.8 Å². The monoisotopic (exact) mass is 280 g/mol. The van der Waals surface area contributed by atoms with Crippen LogP contribution >= 0.6 is 0 Å². The van der Waals surface area contributed by atoms with Gasteiger partial charge in [0.25, 0.3) is 0 Å². The van der Waals surface area contributed by atoms with Crippen LogP contribution in [0.1, 0.15) is 65.7 Å². The van der Waals surface area contributed by atoms with Crippen LogP contribution in [0.4, 0.5) is 0 Å². The Kier molecular flexibility index (Phi) is 5.48. The van der Waals surface area contributed by atoms with Crippen molar-refractivity contribution < 1.29 is 4.79 Å². The first-order valence-electron chi connectivity index (χ1n) is 8.52. The first-order valence-corrected chi connectivity index (χ1v) is 8.52. The number of hydrogen-bond acceptors (Lipinski definition) is 2. The van der Waals surface area contributed by atoms with Crippen molar-refractivity contribution in [3.63, 3.8) is 0 Å². The van der Waals surface area contributed by atoms with E-state index in [1.54, 1.807) is 0 Å². The number of rotatable bonds is 3. The molecule has 5 unspecified atom stereocenters. The van der Waals surface area contributed by atoms with Gasteiger partial charge in [0.15, 0.2) is 0 Å². The topological polar surface area (TPSA) is 46.3 Å². The number of carbonyl (C=O) groups excluding carboxylic acids is 1. The van der Waals surface area contributed by atoms with Crippen LogP contribution in [0.15, 0.2) is 0 Å². The summed E-state index contributed by atoms with van der Waals surface area (Å²) in [4.78, 5) is 14.7. The number of carbonyl (C=O) groups is 1. The van der Waals surface area contributed by atoms with Crippen LogP contribution in [-0.4, -0.2) is 29.4 Å². The van der Waals surface area contributed by atoms with E-state index in [0.717, 1.165) is 25.8 Å². The average Bonchev–Trinajstić information content (AvgIpc) is 2.40. The molecule has 0 aromatic rings. The fourth-order valence-corrected chi connectivity index (χ4v) is 4.11. The van der Waals surface area contributed by atoms with Crippen LogP contribution in [0.2, 0.25) is 0 Å². The number of hydrogen-bond donors (Lipinski definition) is 1. The summed E-state index contributed by atoms with van der Waals surface area (Å²) in [6.45, 7) is 7.71. The lowest BCUT2D eigenvalue weighted by molar-refractivity contribution is -0.137. The van der Waals surface area contributed by atoms with Gasteiger partial charge in [-0.25, -0.2) is 0 Å². The van der Waals surface area contributed by atoms with E-state index in [4.69, 9.17) is 5.73 Å². The molecule has 3 nitrogen and oxygen atoms in total. The molecule has 1 aliphatic carbocycles. The van der Waals surface area contributed by atoms with Gasteiger partial charge in [-0.1, -0.05) is 26.7 Å². The minimum atomic E-state index is 0.370. The van der Waals surface area contributed by atoms with E-state index in [2.05, 4.69) is 25.7 Å².